The molecule has 8 nitrogen and oxygen atoms in total. The number of hydrogen-bond donors (Lipinski definition) is 3. The fourth-order valence-electron chi connectivity index (χ4n) is 0.999. The zero-order chi connectivity index (χ0) is 9.42. The molecule has 0 radical (unpaired) electrons. The van der Waals surface area contributed by atoms with Gasteiger partial charge in [0.2, 0.25) is 0 Å². The molecule has 0 bridgehead atoms. The van der Waals surface area contributed by atoms with Gasteiger partial charge in [-0.25, -0.2) is 9.78 Å². The summed E-state index contributed by atoms with van der Waals surface area (Å²) < 4.78 is 0.992. The highest BCUT2D eigenvalue weighted by atomic mass is 16.2. The molecule has 8 heteroatoms. The molecule has 0 aromatic carbocycles. The third kappa shape index (κ3) is 0.956. The Labute approximate surface area is 69.7 Å². The predicted molar refractivity (Wildman–Crippen MR) is 41.5 cm³/mol. The summed E-state index contributed by atoms with van der Waals surface area (Å²) in [6.45, 7) is 0. The molecule has 2 heterocycles. The van der Waals surface area contributed by atoms with Gasteiger partial charge < -0.3 is 0 Å². The number of H-pyrrole nitrogens is 2. The van der Waals surface area contributed by atoms with Crippen LogP contribution in [0.1, 0.15) is 0 Å². The Morgan fingerprint density at radius 1 is 1.46 bits per heavy atom. The van der Waals surface area contributed by atoms with Crippen LogP contribution in [0.3, 0.4) is 0 Å². The molecular formula is C5H4N6O2. The second-order valence-electron chi connectivity index (χ2n) is 2.29. The first-order valence-electron chi connectivity index (χ1n) is 3.30. The van der Waals surface area contributed by atoms with E-state index in [0.29, 0.717) is 0 Å². The van der Waals surface area contributed by atoms with Gasteiger partial charge in [-0.15, -0.1) is 0 Å². The smallest absolute Gasteiger partial charge is 0.290 e. The number of fused-ring (bicyclic) bond motifs is 1. The maximum atomic E-state index is 11.1. The first-order chi connectivity index (χ1) is 6.22. The number of imidazole rings is 1. The molecule has 3 N–H and O–H groups in total. The van der Waals surface area contributed by atoms with Gasteiger partial charge in [-0.2, -0.15) is 10.2 Å². The highest BCUT2D eigenvalue weighted by Crippen LogP contribution is 2.00. The van der Waals surface area contributed by atoms with Gasteiger partial charge in [0.05, 0.1) is 0 Å². The van der Waals surface area contributed by atoms with Crippen molar-refractivity contribution in [2.75, 3.05) is 0 Å². The van der Waals surface area contributed by atoms with Crippen LogP contribution in [0, 0.1) is 5.53 Å². The maximum Gasteiger partial charge on any atom is 0.327 e. The van der Waals surface area contributed by atoms with Crippen molar-refractivity contribution in [2.24, 2.45) is 5.22 Å². The number of hydrogen-bond acceptors (Lipinski definition) is 5. The van der Waals surface area contributed by atoms with Crippen molar-refractivity contribution in [3.05, 3.63) is 27.2 Å². The summed E-state index contributed by atoms with van der Waals surface area (Å²) in [6, 6.07) is 0. The zero-order valence-electron chi connectivity index (χ0n) is 6.24. The molecule has 0 aliphatic rings. The van der Waals surface area contributed by atoms with Gasteiger partial charge in [-0.3, -0.25) is 14.8 Å². The largest absolute Gasteiger partial charge is 0.327 e. The Bertz CT molecular complexity index is 574. The van der Waals surface area contributed by atoms with Crippen LogP contribution < -0.4 is 11.2 Å². The Morgan fingerprint density at radius 2 is 2.23 bits per heavy atom. The van der Waals surface area contributed by atoms with E-state index in [1.807, 2.05) is 4.98 Å². The molecule has 66 valence electrons. The van der Waals surface area contributed by atoms with E-state index in [0.717, 1.165) is 4.68 Å². The van der Waals surface area contributed by atoms with E-state index in [1.54, 1.807) is 0 Å². The number of aromatic nitrogens is 4. The van der Waals surface area contributed by atoms with Gasteiger partial charge in [-0.1, -0.05) is 5.22 Å². The van der Waals surface area contributed by atoms with Crippen LogP contribution in [0.5, 0.6) is 0 Å². The standard InChI is InChI=1S/C5H4N6O2/c6-10-11-1-7-2-3(11)8-5(13)9-4(2)12/h1,6H,(H2,8,9,12,13). The van der Waals surface area contributed by atoms with Crippen LogP contribution in [0.2, 0.25) is 0 Å². The Balaban J connectivity index is 3.06. The fourth-order valence-corrected chi connectivity index (χ4v) is 0.999. The normalized spacial score (nSPS) is 10.5. The minimum Gasteiger partial charge on any atom is -0.290 e. The molecule has 0 saturated heterocycles. The van der Waals surface area contributed by atoms with E-state index >= 15 is 0 Å². The molecule has 2 aromatic rings. The van der Waals surface area contributed by atoms with Gasteiger partial charge >= 0.3 is 5.69 Å². The second kappa shape index (κ2) is 2.37. The number of rotatable bonds is 1. The van der Waals surface area contributed by atoms with Crippen LogP contribution in [-0.4, -0.2) is 19.6 Å². The molecule has 2 aromatic heterocycles. The molecule has 2 rings (SSSR count). The monoisotopic (exact) mass is 180 g/mol. The van der Waals surface area contributed by atoms with Crippen molar-refractivity contribution >= 4 is 11.2 Å². The molecule has 0 amide bonds. The van der Waals surface area contributed by atoms with Crippen molar-refractivity contribution in [2.45, 2.75) is 0 Å². The quantitative estimate of drug-likeness (QED) is 0.498. The molecule has 0 unspecified atom stereocenters. The van der Waals surface area contributed by atoms with Gasteiger partial charge in [0.25, 0.3) is 5.56 Å². The van der Waals surface area contributed by atoms with Crippen molar-refractivity contribution in [3.8, 4) is 0 Å². The number of nitrogens with zero attached hydrogens (tertiary/aromatic N) is 3. The fraction of sp³-hybridized carbons (Fsp3) is 0. The highest BCUT2D eigenvalue weighted by molar-refractivity contribution is 5.68. The summed E-state index contributed by atoms with van der Waals surface area (Å²) in [5.41, 5.74) is 5.62. The van der Waals surface area contributed by atoms with Gasteiger partial charge in [0, 0.05) is 0 Å². The van der Waals surface area contributed by atoms with Crippen molar-refractivity contribution in [1.82, 2.24) is 19.6 Å². The lowest BCUT2D eigenvalue weighted by Gasteiger charge is -1.89. The second-order valence-corrected chi connectivity index (χ2v) is 2.29. The summed E-state index contributed by atoms with van der Waals surface area (Å²) in [6.07, 6.45) is 1.17. The highest BCUT2D eigenvalue weighted by Gasteiger charge is 2.06. The molecular weight excluding hydrogens is 176 g/mol. The van der Waals surface area contributed by atoms with Crippen LogP contribution in [0.4, 0.5) is 0 Å². The van der Waals surface area contributed by atoms with E-state index in [4.69, 9.17) is 5.53 Å². The first kappa shape index (κ1) is 7.40. The molecule has 0 spiro atoms. The van der Waals surface area contributed by atoms with E-state index in [9.17, 15) is 9.59 Å². The SMILES string of the molecule is N=Nn1cnc2c(=O)[nH]c(=O)[nH]c21. The lowest BCUT2D eigenvalue weighted by molar-refractivity contribution is 0.778. The van der Waals surface area contributed by atoms with Crippen LogP contribution in [-0.2, 0) is 0 Å². The molecule has 0 atom stereocenters. The van der Waals surface area contributed by atoms with Crippen molar-refractivity contribution in [3.63, 3.8) is 0 Å². The Kier molecular flexibility index (Phi) is 1.35. The molecule has 0 aliphatic carbocycles. The third-order valence-corrected chi connectivity index (χ3v) is 1.53. The van der Waals surface area contributed by atoms with Crippen molar-refractivity contribution in [1.29, 1.82) is 5.53 Å². The average molecular weight is 180 g/mol. The molecule has 13 heavy (non-hydrogen) atoms. The minimum atomic E-state index is -0.650. The topological polar surface area (TPSA) is 120 Å². The maximum absolute atomic E-state index is 11.1. The summed E-state index contributed by atoms with van der Waals surface area (Å²) in [5, 5.41) is 3.02. The molecule has 0 saturated carbocycles. The van der Waals surface area contributed by atoms with Crippen LogP contribution in [0.15, 0.2) is 21.1 Å². The van der Waals surface area contributed by atoms with Crippen LogP contribution in [0.25, 0.3) is 11.2 Å². The van der Waals surface area contributed by atoms with Gasteiger partial charge in [-0.05, 0) is 0 Å². The summed E-state index contributed by atoms with van der Waals surface area (Å²) in [7, 11) is 0. The lowest BCUT2D eigenvalue weighted by atomic mass is 10.5. The van der Waals surface area contributed by atoms with Gasteiger partial charge in [0.15, 0.2) is 11.2 Å². The number of nitrogens with one attached hydrogen (secondary N) is 3. The number of aromatic amines is 2. The zero-order valence-corrected chi connectivity index (χ0v) is 6.24. The Hall–Kier alpha value is -2.25. The summed E-state index contributed by atoms with van der Waals surface area (Å²) >= 11 is 0. The lowest BCUT2D eigenvalue weighted by Crippen LogP contribution is -2.22. The van der Waals surface area contributed by atoms with E-state index in [-0.39, 0.29) is 11.2 Å². The van der Waals surface area contributed by atoms with Crippen molar-refractivity contribution < 1.29 is 0 Å². The predicted octanol–water partition coefficient (Wildman–Crippen LogP) is -0.793. The molecule has 0 aliphatic heterocycles. The third-order valence-electron chi connectivity index (χ3n) is 1.53. The average Bonchev–Trinajstić information content (AvgIpc) is 2.47. The van der Waals surface area contributed by atoms with Crippen LogP contribution >= 0.6 is 0 Å². The minimum absolute atomic E-state index is 0.0515. The molecule has 0 fully saturated rings. The van der Waals surface area contributed by atoms with E-state index in [1.165, 1.54) is 6.33 Å². The first-order valence-corrected chi connectivity index (χ1v) is 3.30. The van der Waals surface area contributed by atoms with E-state index in [2.05, 4.69) is 15.2 Å². The van der Waals surface area contributed by atoms with E-state index < -0.39 is 11.2 Å². The summed E-state index contributed by atoms with van der Waals surface area (Å²) in [4.78, 5) is 29.9. The van der Waals surface area contributed by atoms with Gasteiger partial charge in [0.1, 0.15) is 6.33 Å². The summed E-state index contributed by atoms with van der Waals surface area (Å²) in [5.74, 6) is 0. The Morgan fingerprint density at radius 3 is 2.92 bits per heavy atom.